The van der Waals surface area contributed by atoms with E-state index in [2.05, 4.69) is 177 Å². The molecule has 2 aromatic heterocycles. The van der Waals surface area contributed by atoms with Gasteiger partial charge in [0.1, 0.15) is 0 Å². The average molecular weight is 821 g/mol. The van der Waals surface area contributed by atoms with Crippen molar-refractivity contribution in [1.29, 1.82) is 0 Å². The molecular weight excluding hydrogens is 777 g/mol. The number of aromatic nitrogens is 4. The van der Waals surface area contributed by atoms with Gasteiger partial charge in [0.05, 0.1) is 34.3 Å². The first-order chi connectivity index (χ1) is 31.6. The standard InChI is InChI=1S/C60H44N4/c1-3-40(32-39-16-6-5-7-17-39)58-50(4-2)59(64-60(63-58)46-31-28-41-18-8-9-19-44(41)33-46)49-35-47(34-48(36-49)57-38-61-55-24-14-15-25-56(55)62-57)42-26-29-43(30-27-42)54-37-45-20-10-11-21-51(45)52-22-12-13-23-53(52)54/h3,5-26,28-38,42H,1,4,27H2,2H3/b40-32+. The largest absolute Gasteiger partial charge is 0.252 e. The molecular formula is C60H44N4. The molecule has 4 nitrogen and oxygen atoms in total. The molecule has 0 fully saturated rings. The average Bonchev–Trinajstić information content (AvgIpc) is 3.37. The number of allylic oxidation sites excluding steroid dienone is 6. The highest BCUT2D eigenvalue weighted by molar-refractivity contribution is 6.12. The quantitative estimate of drug-likeness (QED) is 0.107. The highest BCUT2D eigenvalue weighted by Gasteiger charge is 2.22. The van der Waals surface area contributed by atoms with E-state index in [4.69, 9.17) is 19.9 Å². The Balaban J connectivity index is 1.09. The maximum absolute atomic E-state index is 5.51. The van der Waals surface area contributed by atoms with E-state index < -0.39 is 0 Å². The Morgan fingerprint density at radius 2 is 1.34 bits per heavy atom. The van der Waals surface area contributed by atoms with Crippen LogP contribution in [0.25, 0.3) is 94.5 Å². The zero-order valence-electron chi connectivity index (χ0n) is 35.6. The second-order valence-corrected chi connectivity index (χ2v) is 16.5. The van der Waals surface area contributed by atoms with Gasteiger partial charge in [0.15, 0.2) is 5.82 Å². The first kappa shape index (κ1) is 38.8. The van der Waals surface area contributed by atoms with E-state index in [1.165, 1.54) is 43.6 Å². The van der Waals surface area contributed by atoms with Gasteiger partial charge >= 0.3 is 0 Å². The van der Waals surface area contributed by atoms with Crippen LogP contribution >= 0.6 is 0 Å². The van der Waals surface area contributed by atoms with Crippen LogP contribution in [0.2, 0.25) is 0 Å². The van der Waals surface area contributed by atoms with Gasteiger partial charge in [-0.2, -0.15) is 0 Å². The number of nitrogens with zero attached hydrogens (tertiary/aromatic N) is 4. The topological polar surface area (TPSA) is 51.6 Å². The molecule has 0 amide bonds. The third-order valence-corrected chi connectivity index (χ3v) is 12.6. The summed E-state index contributed by atoms with van der Waals surface area (Å²) in [7, 11) is 0. The van der Waals surface area contributed by atoms with Crippen LogP contribution in [0.4, 0.5) is 0 Å². The van der Waals surface area contributed by atoms with Gasteiger partial charge in [-0.1, -0.05) is 165 Å². The highest BCUT2D eigenvalue weighted by Crippen LogP contribution is 2.41. The third kappa shape index (κ3) is 7.29. The van der Waals surface area contributed by atoms with Crippen LogP contribution in [0.1, 0.15) is 47.2 Å². The molecule has 1 aliphatic carbocycles. The molecule has 0 bridgehead atoms. The lowest BCUT2D eigenvalue weighted by molar-refractivity contribution is 0.857. The Morgan fingerprint density at radius 1 is 0.625 bits per heavy atom. The predicted molar refractivity (Wildman–Crippen MR) is 269 cm³/mol. The van der Waals surface area contributed by atoms with Gasteiger partial charge in [0.2, 0.25) is 0 Å². The maximum atomic E-state index is 5.51. The molecule has 0 saturated heterocycles. The van der Waals surface area contributed by atoms with Gasteiger partial charge < -0.3 is 0 Å². The summed E-state index contributed by atoms with van der Waals surface area (Å²) in [5.74, 6) is 0.787. The van der Waals surface area contributed by atoms with Crippen LogP contribution in [0.15, 0.2) is 207 Å². The predicted octanol–water partition coefficient (Wildman–Crippen LogP) is 15.3. The molecule has 11 rings (SSSR count). The van der Waals surface area contributed by atoms with Gasteiger partial charge in [-0.05, 0) is 116 Å². The third-order valence-electron chi connectivity index (χ3n) is 12.6. The van der Waals surface area contributed by atoms with E-state index >= 15 is 0 Å². The van der Waals surface area contributed by atoms with Crippen molar-refractivity contribution in [3.8, 4) is 33.9 Å². The Kier molecular flexibility index (Phi) is 10.1. The van der Waals surface area contributed by atoms with Crippen molar-refractivity contribution < 1.29 is 0 Å². The fraction of sp³-hybridized carbons (Fsp3) is 0.0667. The number of hydrogen-bond donors (Lipinski definition) is 0. The minimum atomic E-state index is 0.121. The summed E-state index contributed by atoms with van der Waals surface area (Å²) >= 11 is 0. The fourth-order valence-electron chi connectivity index (χ4n) is 9.31. The van der Waals surface area contributed by atoms with Crippen molar-refractivity contribution in [3.63, 3.8) is 0 Å². The van der Waals surface area contributed by atoms with Crippen molar-refractivity contribution in [1.82, 2.24) is 19.9 Å². The number of hydrogen-bond acceptors (Lipinski definition) is 4. The molecule has 0 radical (unpaired) electrons. The summed E-state index contributed by atoms with van der Waals surface area (Å²) < 4.78 is 0. The molecule has 4 heteroatoms. The molecule has 1 unspecified atom stereocenters. The summed E-state index contributed by atoms with van der Waals surface area (Å²) in [5, 5.41) is 7.39. The molecule has 8 aromatic carbocycles. The van der Waals surface area contributed by atoms with Gasteiger partial charge in [-0.15, -0.1) is 0 Å². The Labute approximate surface area is 373 Å². The van der Waals surface area contributed by atoms with E-state index in [0.29, 0.717) is 12.2 Å². The molecule has 1 aliphatic rings. The second kappa shape index (κ2) is 16.7. The number of rotatable bonds is 9. The SMILES string of the molecule is C=C/C(=C\c1ccccc1)c1nc(-c2ccc3ccccc3c2)nc(-c2cc(-c3cnc4ccccc4n3)cc(C3C=CC(c4cc5ccccc5c5ccccc45)=CC3)c2)c1CC. The van der Waals surface area contributed by atoms with Crippen molar-refractivity contribution in [2.24, 2.45) is 0 Å². The lowest BCUT2D eigenvalue weighted by Crippen LogP contribution is -2.06. The summed E-state index contributed by atoms with van der Waals surface area (Å²) in [5.41, 5.74) is 14.1. The smallest absolute Gasteiger partial charge is 0.160 e. The van der Waals surface area contributed by atoms with E-state index in [9.17, 15) is 0 Å². The zero-order valence-corrected chi connectivity index (χ0v) is 35.6. The van der Waals surface area contributed by atoms with Crippen LogP contribution in [0.5, 0.6) is 0 Å². The van der Waals surface area contributed by atoms with E-state index in [0.717, 1.165) is 73.3 Å². The Morgan fingerprint density at radius 3 is 2.14 bits per heavy atom. The number of benzene rings is 8. The Hall–Kier alpha value is -8.08. The van der Waals surface area contributed by atoms with Gasteiger partial charge in [0.25, 0.3) is 0 Å². The summed E-state index contributed by atoms with van der Waals surface area (Å²) in [6.07, 6.45) is 14.6. The van der Waals surface area contributed by atoms with Crippen LogP contribution in [-0.2, 0) is 6.42 Å². The molecule has 0 saturated carbocycles. The molecule has 0 N–H and O–H groups in total. The van der Waals surface area contributed by atoms with Gasteiger partial charge in [-0.3, -0.25) is 4.98 Å². The second-order valence-electron chi connectivity index (χ2n) is 16.5. The van der Waals surface area contributed by atoms with E-state index in [1.54, 1.807) is 0 Å². The summed E-state index contributed by atoms with van der Waals surface area (Å²) in [6.45, 7) is 6.50. The van der Waals surface area contributed by atoms with Crippen LogP contribution in [-0.4, -0.2) is 19.9 Å². The molecule has 0 spiro atoms. The van der Waals surface area contributed by atoms with Crippen molar-refractivity contribution in [2.75, 3.05) is 0 Å². The minimum Gasteiger partial charge on any atom is -0.252 e. The number of fused-ring (bicyclic) bond motifs is 5. The van der Waals surface area contributed by atoms with E-state index in [-0.39, 0.29) is 5.92 Å². The number of para-hydroxylation sites is 2. The molecule has 304 valence electrons. The first-order valence-corrected chi connectivity index (χ1v) is 22.1. The lowest BCUT2D eigenvalue weighted by Gasteiger charge is -2.21. The highest BCUT2D eigenvalue weighted by atomic mass is 14.9. The normalized spacial score (nSPS) is 14.0. The van der Waals surface area contributed by atoms with Gasteiger partial charge in [-0.25, -0.2) is 15.0 Å². The summed E-state index contributed by atoms with van der Waals surface area (Å²) in [4.78, 5) is 20.9. The van der Waals surface area contributed by atoms with Crippen molar-refractivity contribution in [2.45, 2.75) is 25.7 Å². The zero-order chi connectivity index (χ0) is 43.0. The van der Waals surface area contributed by atoms with E-state index in [1.807, 2.05) is 42.6 Å². The summed E-state index contributed by atoms with van der Waals surface area (Å²) in [6, 6.07) is 60.0. The van der Waals surface area contributed by atoms with Crippen LogP contribution in [0, 0.1) is 0 Å². The molecule has 0 aliphatic heterocycles. The van der Waals surface area contributed by atoms with Crippen LogP contribution in [0.3, 0.4) is 0 Å². The monoisotopic (exact) mass is 820 g/mol. The van der Waals surface area contributed by atoms with Crippen LogP contribution < -0.4 is 0 Å². The maximum Gasteiger partial charge on any atom is 0.160 e. The minimum absolute atomic E-state index is 0.121. The molecule has 2 heterocycles. The molecule has 1 atom stereocenters. The van der Waals surface area contributed by atoms with Crippen molar-refractivity contribution >= 4 is 60.6 Å². The Bertz CT molecular complexity index is 3540. The lowest BCUT2D eigenvalue weighted by atomic mass is 9.84. The molecule has 10 aromatic rings. The van der Waals surface area contributed by atoms with Crippen molar-refractivity contribution in [3.05, 3.63) is 235 Å². The molecule has 64 heavy (non-hydrogen) atoms. The fourth-order valence-corrected chi connectivity index (χ4v) is 9.31. The first-order valence-electron chi connectivity index (χ1n) is 22.1. The van der Waals surface area contributed by atoms with Gasteiger partial charge in [0, 0.05) is 33.7 Å².